The summed E-state index contributed by atoms with van der Waals surface area (Å²) in [6.07, 6.45) is 2.45. The summed E-state index contributed by atoms with van der Waals surface area (Å²) in [6.45, 7) is 5.28. The summed E-state index contributed by atoms with van der Waals surface area (Å²) in [5.41, 5.74) is 0.288. The molecule has 3 rings (SSSR count). The van der Waals surface area contributed by atoms with Crippen LogP contribution in [-0.4, -0.2) is 60.9 Å². The van der Waals surface area contributed by atoms with Gasteiger partial charge in [-0.1, -0.05) is 6.92 Å². The molecule has 26 heavy (non-hydrogen) atoms. The van der Waals surface area contributed by atoms with Crippen molar-refractivity contribution in [3.8, 4) is 5.75 Å². The largest absolute Gasteiger partial charge is 0.495 e. The van der Waals surface area contributed by atoms with E-state index in [1.807, 2.05) is 0 Å². The Bertz CT molecular complexity index is 682. The Balaban J connectivity index is 1.61. The van der Waals surface area contributed by atoms with Gasteiger partial charge in [0, 0.05) is 31.6 Å². The predicted molar refractivity (Wildman–Crippen MR) is 96.5 cm³/mol. The molecule has 1 aromatic rings. The number of hydrogen-bond donors (Lipinski definition) is 1. The van der Waals surface area contributed by atoms with Crippen molar-refractivity contribution < 1.29 is 18.7 Å². The molecule has 2 aliphatic rings. The molecule has 142 valence electrons. The first-order chi connectivity index (χ1) is 12.5. The molecule has 0 radical (unpaired) electrons. The number of nitrogens with one attached hydrogen (secondary N) is 1. The van der Waals surface area contributed by atoms with Gasteiger partial charge in [0.15, 0.2) is 0 Å². The molecule has 6 nitrogen and oxygen atoms in total. The van der Waals surface area contributed by atoms with Crippen molar-refractivity contribution in [2.45, 2.75) is 32.2 Å². The highest BCUT2D eigenvalue weighted by Gasteiger charge is 2.37. The van der Waals surface area contributed by atoms with Crippen molar-refractivity contribution in [1.82, 2.24) is 9.80 Å². The third-order valence-electron chi connectivity index (χ3n) is 5.34. The standard InChI is InChI=1S/C19H26FN3O3/c1-3-22-8-4-5-15(22)12-23-11-13(9-18(23)24)19(25)21-16-10-14(20)6-7-17(16)26-2/h6-7,10,13,15H,3-5,8-9,11-12H2,1-2H3,(H,21,25). The van der Waals surface area contributed by atoms with Gasteiger partial charge >= 0.3 is 0 Å². The predicted octanol–water partition coefficient (Wildman–Crippen LogP) is 2.11. The SMILES string of the molecule is CCN1CCCC1CN1CC(C(=O)Nc2cc(F)ccc2OC)CC1=O. The fraction of sp³-hybridized carbons (Fsp3) is 0.579. The lowest BCUT2D eigenvalue weighted by molar-refractivity contribution is -0.128. The minimum atomic E-state index is -0.453. The van der Waals surface area contributed by atoms with Crippen LogP contribution in [0, 0.1) is 11.7 Å². The highest BCUT2D eigenvalue weighted by Crippen LogP contribution is 2.28. The van der Waals surface area contributed by atoms with Crippen molar-refractivity contribution in [1.29, 1.82) is 0 Å². The van der Waals surface area contributed by atoms with Gasteiger partial charge in [-0.15, -0.1) is 0 Å². The van der Waals surface area contributed by atoms with Crippen molar-refractivity contribution in [2.24, 2.45) is 5.92 Å². The zero-order valence-electron chi connectivity index (χ0n) is 15.3. The van der Waals surface area contributed by atoms with Gasteiger partial charge in [-0.25, -0.2) is 4.39 Å². The molecule has 0 bridgehead atoms. The zero-order chi connectivity index (χ0) is 18.7. The Labute approximate surface area is 153 Å². The van der Waals surface area contributed by atoms with E-state index in [-0.39, 0.29) is 23.9 Å². The minimum absolute atomic E-state index is 0.0133. The number of amides is 2. The number of hydrogen-bond acceptors (Lipinski definition) is 4. The Morgan fingerprint density at radius 2 is 2.23 bits per heavy atom. The summed E-state index contributed by atoms with van der Waals surface area (Å²) in [6, 6.07) is 4.35. The Morgan fingerprint density at radius 3 is 2.96 bits per heavy atom. The number of likely N-dealkylation sites (tertiary alicyclic amines) is 2. The Kier molecular flexibility index (Phi) is 5.76. The molecule has 0 aliphatic carbocycles. The second kappa shape index (κ2) is 8.03. The number of ether oxygens (including phenoxy) is 1. The van der Waals surface area contributed by atoms with Crippen LogP contribution in [0.1, 0.15) is 26.2 Å². The fourth-order valence-corrected chi connectivity index (χ4v) is 3.91. The number of anilines is 1. The van der Waals surface area contributed by atoms with E-state index >= 15 is 0 Å². The Hall–Kier alpha value is -2.15. The topological polar surface area (TPSA) is 61.9 Å². The van der Waals surface area contributed by atoms with E-state index in [1.54, 1.807) is 4.90 Å². The van der Waals surface area contributed by atoms with E-state index in [9.17, 15) is 14.0 Å². The lowest BCUT2D eigenvalue weighted by Gasteiger charge is -2.27. The number of methoxy groups -OCH3 is 1. The molecule has 2 unspecified atom stereocenters. The molecule has 2 amide bonds. The van der Waals surface area contributed by atoms with Crippen LogP contribution in [0.2, 0.25) is 0 Å². The quantitative estimate of drug-likeness (QED) is 0.841. The van der Waals surface area contributed by atoms with Crippen molar-refractivity contribution in [2.75, 3.05) is 38.6 Å². The van der Waals surface area contributed by atoms with Crippen molar-refractivity contribution >= 4 is 17.5 Å². The van der Waals surface area contributed by atoms with Crippen LogP contribution < -0.4 is 10.1 Å². The first kappa shape index (κ1) is 18.6. The molecule has 0 aromatic heterocycles. The molecule has 0 saturated carbocycles. The molecular formula is C19H26FN3O3. The first-order valence-electron chi connectivity index (χ1n) is 9.18. The van der Waals surface area contributed by atoms with Gasteiger partial charge < -0.3 is 15.0 Å². The smallest absolute Gasteiger partial charge is 0.229 e. The molecule has 2 heterocycles. The van der Waals surface area contributed by atoms with Crippen LogP contribution in [0.4, 0.5) is 10.1 Å². The van der Waals surface area contributed by atoms with Crippen LogP contribution in [0.15, 0.2) is 18.2 Å². The third-order valence-corrected chi connectivity index (χ3v) is 5.34. The molecule has 1 N–H and O–H groups in total. The number of carbonyl (C=O) groups is 2. The lowest BCUT2D eigenvalue weighted by Crippen LogP contribution is -2.41. The molecule has 2 saturated heterocycles. The molecule has 2 atom stereocenters. The normalized spacial score (nSPS) is 23.5. The molecule has 2 fully saturated rings. The molecule has 1 aromatic carbocycles. The maximum Gasteiger partial charge on any atom is 0.229 e. The zero-order valence-corrected chi connectivity index (χ0v) is 15.3. The summed E-state index contributed by atoms with van der Waals surface area (Å²) in [5, 5.41) is 2.71. The average Bonchev–Trinajstić information content (AvgIpc) is 3.22. The first-order valence-corrected chi connectivity index (χ1v) is 9.18. The highest BCUT2D eigenvalue weighted by molar-refractivity contribution is 5.98. The summed E-state index contributed by atoms with van der Waals surface area (Å²) < 4.78 is 18.6. The maximum absolute atomic E-state index is 13.5. The number of benzene rings is 1. The van der Waals surface area contributed by atoms with Gasteiger partial charge in [0.2, 0.25) is 11.8 Å². The lowest BCUT2D eigenvalue weighted by atomic mass is 10.1. The van der Waals surface area contributed by atoms with Gasteiger partial charge in [0.25, 0.3) is 0 Å². The number of halogens is 1. The average molecular weight is 363 g/mol. The van der Waals surface area contributed by atoms with Crippen molar-refractivity contribution in [3.05, 3.63) is 24.0 Å². The van der Waals surface area contributed by atoms with E-state index in [0.717, 1.165) is 25.9 Å². The van der Waals surface area contributed by atoms with Gasteiger partial charge in [-0.05, 0) is 38.1 Å². The van der Waals surface area contributed by atoms with Crippen LogP contribution in [-0.2, 0) is 9.59 Å². The maximum atomic E-state index is 13.5. The van der Waals surface area contributed by atoms with Crippen LogP contribution in [0.25, 0.3) is 0 Å². The molecular weight excluding hydrogens is 337 g/mol. The summed E-state index contributed by atoms with van der Waals surface area (Å²) in [5.74, 6) is -0.744. The van der Waals surface area contributed by atoms with E-state index < -0.39 is 11.7 Å². The third kappa shape index (κ3) is 3.98. The summed E-state index contributed by atoms with van der Waals surface area (Å²) in [4.78, 5) is 29.1. The van der Waals surface area contributed by atoms with Gasteiger partial charge in [-0.3, -0.25) is 14.5 Å². The van der Waals surface area contributed by atoms with Gasteiger partial charge in [0.1, 0.15) is 11.6 Å². The second-order valence-electron chi connectivity index (χ2n) is 6.96. The molecule has 7 heteroatoms. The van der Waals surface area contributed by atoms with Crippen LogP contribution in [0.3, 0.4) is 0 Å². The second-order valence-corrected chi connectivity index (χ2v) is 6.96. The van der Waals surface area contributed by atoms with Crippen LogP contribution in [0.5, 0.6) is 5.75 Å². The van der Waals surface area contributed by atoms with E-state index in [0.29, 0.717) is 24.9 Å². The number of rotatable bonds is 6. The van der Waals surface area contributed by atoms with Gasteiger partial charge in [0.05, 0.1) is 18.7 Å². The summed E-state index contributed by atoms with van der Waals surface area (Å²) >= 11 is 0. The van der Waals surface area contributed by atoms with E-state index in [1.165, 1.54) is 25.3 Å². The summed E-state index contributed by atoms with van der Waals surface area (Å²) in [7, 11) is 1.46. The molecule has 0 spiro atoms. The van der Waals surface area contributed by atoms with E-state index in [2.05, 4.69) is 17.1 Å². The Morgan fingerprint density at radius 1 is 1.42 bits per heavy atom. The molecule has 2 aliphatic heterocycles. The number of nitrogens with zero attached hydrogens (tertiary/aromatic N) is 2. The monoisotopic (exact) mass is 363 g/mol. The van der Waals surface area contributed by atoms with Crippen molar-refractivity contribution in [3.63, 3.8) is 0 Å². The number of likely N-dealkylation sites (N-methyl/N-ethyl adjacent to an activating group) is 1. The minimum Gasteiger partial charge on any atom is -0.495 e. The van der Waals surface area contributed by atoms with E-state index in [4.69, 9.17) is 4.74 Å². The fourth-order valence-electron chi connectivity index (χ4n) is 3.91. The number of carbonyl (C=O) groups excluding carboxylic acids is 2. The van der Waals surface area contributed by atoms with Crippen LogP contribution >= 0.6 is 0 Å². The van der Waals surface area contributed by atoms with Gasteiger partial charge in [-0.2, -0.15) is 0 Å². The highest BCUT2D eigenvalue weighted by atomic mass is 19.1.